The van der Waals surface area contributed by atoms with Crippen molar-refractivity contribution >= 4 is 10.9 Å². The molecule has 4 nitrogen and oxygen atoms in total. The van der Waals surface area contributed by atoms with E-state index in [0.717, 1.165) is 0 Å². The van der Waals surface area contributed by atoms with Gasteiger partial charge in [0.25, 0.3) is 5.88 Å². The van der Waals surface area contributed by atoms with E-state index in [4.69, 9.17) is 5.11 Å². The lowest BCUT2D eigenvalue weighted by Crippen LogP contribution is -1.94. The predicted molar refractivity (Wildman–Crippen MR) is 47.5 cm³/mol. The highest BCUT2D eigenvalue weighted by Crippen LogP contribution is 2.06. The molecule has 0 fully saturated rings. The van der Waals surface area contributed by atoms with Crippen molar-refractivity contribution in [1.82, 2.24) is 10.2 Å². The first-order chi connectivity index (χ1) is 6.27. The summed E-state index contributed by atoms with van der Waals surface area (Å²) in [7, 11) is 0. The molecule has 0 aliphatic carbocycles. The zero-order valence-electron chi connectivity index (χ0n) is 6.64. The van der Waals surface area contributed by atoms with E-state index < -0.39 is 11.3 Å². The van der Waals surface area contributed by atoms with Gasteiger partial charge < -0.3 is 5.11 Å². The molecule has 13 heavy (non-hydrogen) atoms. The van der Waals surface area contributed by atoms with Crippen LogP contribution in [0.2, 0.25) is 0 Å². The smallest absolute Gasteiger partial charge is 0.279 e. The Kier molecular flexibility index (Phi) is 1.66. The van der Waals surface area contributed by atoms with Crippen LogP contribution in [0.3, 0.4) is 0 Å². The van der Waals surface area contributed by atoms with Crippen LogP contribution in [0.1, 0.15) is 0 Å². The number of aromatic nitrogens is 2. The number of benzene rings is 1. The van der Waals surface area contributed by atoms with Crippen molar-refractivity contribution in [3.8, 4) is 5.88 Å². The Hall–Kier alpha value is -1.97. The second-order valence-electron chi connectivity index (χ2n) is 2.59. The Morgan fingerprint density at radius 3 is 2.77 bits per heavy atom. The fraction of sp³-hybridized carbons (Fsp3) is 0. The van der Waals surface area contributed by atoms with Crippen LogP contribution in [0.5, 0.6) is 5.88 Å². The molecule has 0 saturated carbocycles. The van der Waals surface area contributed by atoms with E-state index in [0.29, 0.717) is 10.9 Å². The minimum atomic E-state index is -0.573. The molecule has 2 aromatic rings. The monoisotopic (exact) mass is 174 g/mol. The molecule has 0 spiro atoms. The van der Waals surface area contributed by atoms with Crippen molar-refractivity contribution in [3.05, 3.63) is 40.6 Å². The maximum atomic E-state index is 11.1. The molecule has 0 bridgehead atoms. The van der Waals surface area contributed by atoms with Gasteiger partial charge >= 0.3 is 0 Å². The Morgan fingerprint density at radius 1 is 1.15 bits per heavy atom. The molecule has 0 amide bonds. The molecule has 0 aliphatic rings. The van der Waals surface area contributed by atoms with Crippen molar-refractivity contribution in [3.63, 3.8) is 0 Å². The molecule has 1 N–H and O–H groups in total. The molecule has 0 radical (unpaired) electrons. The normalized spacial score (nSPS) is 10.2. The standard InChI is InChI=1S/C9H6N2O2/c12-8-5-6-3-1-2-4-7(6)10-11-9(8)13/h1-5H,(H,11,12,13). The molecular weight excluding hydrogens is 168 g/mol. The summed E-state index contributed by atoms with van der Waals surface area (Å²) in [5.74, 6) is -0.573. The third kappa shape index (κ3) is 1.33. The lowest BCUT2D eigenvalue weighted by Gasteiger charge is -1.84. The molecule has 1 aromatic carbocycles. The van der Waals surface area contributed by atoms with E-state index in [2.05, 4.69) is 10.2 Å². The van der Waals surface area contributed by atoms with E-state index >= 15 is 0 Å². The van der Waals surface area contributed by atoms with Crippen LogP contribution in [-0.4, -0.2) is 15.3 Å². The van der Waals surface area contributed by atoms with E-state index in [9.17, 15) is 4.79 Å². The minimum Gasteiger partial charge on any atom is -0.489 e. The van der Waals surface area contributed by atoms with Gasteiger partial charge in [0, 0.05) is 11.5 Å². The van der Waals surface area contributed by atoms with E-state index in [-0.39, 0.29) is 0 Å². The van der Waals surface area contributed by atoms with Crippen LogP contribution in [0.25, 0.3) is 10.9 Å². The first-order valence-electron chi connectivity index (χ1n) is 3.73. The van der Waals surface area contributed by atoms with Crippen LogP contribution in [-0.2, 0) is 0 Å². The number of nitrogens with zero attached hydrogens (tertiary/aromatic N) is 2. The van der Waals surface area contributed by atoms with Crippen molar-refractivity contribution in [2.75, 3.05) is 0 Å². The van der Waals surface area contributed by atoms with Crippen LogP contribution >= 0.6 is 0 Å². The molecule has 0 aliphatic heterocycles. The molecule has 4 heteroatoms. The van der Waals surface area contributed by atoms with E-state index in [1.165, 1.54) is 6.07 Å². The maximum absolute atomic E-state index is 11.1. The zero-order chi connectivity index (χ0) is 9.26. The quantitative estimate of drug-likeness (QED) is 0.638. The predicted octanol–water partition coefficient (Wildman–Crippen LogP) is 0.696. The van der Waals surface area contributed by atoms with Crippen LogP contribution in [0, 0.1) is 0 Å². The van der Waals surface area contributed by atoms with Gasteiger partial charge in [-0.05, 0) is 6.07 Å². The second kappa shape index (κ2) is 2.82. The fourth-order valence-electron chi connectivity index (χ4n) is 1.06. The molecule has 1 aromatic heterocycles. The molecular formula is C9H6N2O2. The maximum Gasteiger partial charge on any atom is 0.279 e. The Bertz CT molecular complexity index is 511. The third-order valence-corrected chi connectivity index (χ3v) is 1.70. The summed E-state index contributed by atoms with van der Waals surface area (Å²) in [6.07, 6.45) is 0. The molecule has 0 unspecified atom stereocenters. The SMILES string of the molecule is O=c1cc2ccccc2nnc1O. The van der Waals surface area contributed by atoms with Gasteiger partial charge in [0.05, 0.1) is 5.52 Å². The Morgan fingerprint density at radius 2 is 1.92 bits per heavy atom. The van der Waals surface area contributed by atoms with Crippen LogP contribution in [0.4, 0.5) is 0 Å². The third-order valence-electron chi connectivity index (χ3n) is 1.70. The molecule has 0 atom stereocenters. The lowest BCUT2D eigenvalue weighted by molar-refractivity contribution is 0.443. The van der Waals surface area contributed by atoms with Crippen molar-refractivity contribution in [2.24, 2.45) is 0 Å². The lowest BCUT2D eigenvalue weighted by atomic mass is 10.2. The van der Waals surface area contributed by atoms with Crippen molar-refractivity contribution in [2.45, 2.75) is 0 Å². The van der Waals surface area contributed by atoms with Gasteiger partial charge in [0.15, 0.2) is 0 Å². The topological polar surface area (TPSA) is 63.1 Å². The highest BCUT2D eigenvalue weighted by Gasteiger charge is 1.97. The van der Waals surface area contributed by atoms with Crippen molar-refractivity contribution in [1.29, 1.82) is 0 Å². The molecule has 1 heterocycles. The van der Waals surface area contributed by atoms with Gasteiger partial charge in [-0.1, -0.05) is 18.2 Å². The summed E-state index contributed by atoms with van der Waals surface area (Å²) >= 11 is 0. The average molecular weight is 174 g/mol. The largest absolute Gasteiger partial charge is 0.489 e. The highest BCUT2D eigenvalue weighted by molar-refractivity contribution is 5.77. The second-order valence-corrected chi connectivity index (χ2v) is 2.59. The van der Waals surface area contributed by atoms with Crippen LogP contribution < -0.4 is 5.43 Å². The summed E-state index contributed by atoms with van der Waals surface area (Å²) in [6.45, 7) is 0. The number of hydrogen-bond donors (Lipinski definition) is 1. The fourth-order valence-corrected chi connectivity index (χ4v) is 1.06. The number of fused-ring (bicyclic) bond motifs is 1. The Labute approximate surface area is 73.5 Å². The number of aromatic hydroxyl groups is 1. The Balaban J connectivity index is 2.97. The summed E-state index contributed by atoms with van der Waals surface area (Å²) < 4.78 is 0. The van der Waals surface area contributed by atoms with Gasteiger partial charge in [-0.2, -0.15) is 0 Å². The number of rotatable bonds is 0. The van der Waals surface area contributed by atoms with Crippen molar-refractivity contribution < 1.29 is 5.11 Å². The van der Waals surface area contributed by atoms with Gasteiger partial charge in [-0.25, -0.2) is 0 Å². The van der Waals surface area contributed by atoms with Gasteiger partial charge in [0.2, 0.25) is 5.43 Å². The summed E-state index contributed by atoms with van der Waals surface area (Å²) in [5.41, 5.74) is 0.0635. The molecule has 0 saturated heterocycles. The first kappa shape index (κ1) is 7.67. The van der Waals surface area contributed by atoms with Crippen LogP contribution in [0.15, 0.2) is 35.1 Å². The first-order valence-corrected chi connectivity index (χ1v) is 3.73. The summed E-state index contributed by atoms with van der Waals surface area (Å²) in [6, 6.07) is 8.36. The number of hydrogen-bond acceptors (Lipinski definition) is 4. The minimum absolute atomic E-state index is 0.520. The zero-order valence-corrected chi connectivity index (χ0v) is 6.64. The highest BCUT2D eigenvalue weighted by atomic mass is 16.3. The molecule has 2 rings (SSSR count). The van der Waals surface area contributed by atoms with Gasteiger partial charge in [0.1, 0.15) is 0 Å². The van der Waals surface area contributed by atoms with Gasteiger partial charge in [-0.3, -0.25) is 4.79 Å². The molecule has 64 valence electrons. The summed E-state index contributed by atoms with van der Waals surface area (Å²) in [4.78, 5) is 11.1. The van der Waals surface area contributed by atoms with Gasteiger partial charge in [-0.15, -0.1) is 10.2 Å². The van der Waals surface area contributed by atoms with E-state index in [1.54, 1.807) is 24.3 Å². The average Bonchev–Trinajstić information content (AvgIpc) is 2.28. The summed E-state index contributed by atoms with van der Waals surface area (Å²) in [5, 5.41) is 16.7. The van der Waals surface area contributed by atoms with E-state index in [1.807, 2.05) is 0 Å².